The number of aromatic nitrogens is 2. The Morgan fingerprint density at radius 1 is 1.18 bits per heavy atom. The van der Waals surface area contributed by atoms with E-state index in [0.717, 1.165) is 42.0 Å². The molecule has 61 heavy (non-hydrogen) atoms. The Labute approximate surface area is 374 Å². The van der Waals surface area contributed by atoms with Crippen molar-refractivity contribution in [3.05, 3.63) is 82.1 Å². The number of hydrogen-bond acceptors (Lipinski definition) is 10. The first-order valence-electron chi connectivity index (χ1n) is 19.6. The smallest absolute Gasteiger partial charge is 0.265 e. The van der Waals surface area contributed by atoms with Crippen LogP contribution in [0.4, 0.5) is 21.5 Å². The van der Waals surface area contributed by atoms with Crippen LogP contribution in [0, 0.1) is 30.5 Å². The zero-order chi connectivity index (χ0) is 44.6. The molecule has 3 aliphatic rings. The van der Waals surface area contributed by atoms with Crippen molar-refractivity contribution in [2.45, 2.75) is 84.5 Å². The number of rotatable bonds is 10. The van der Waals surface area contributed by atoms with Gasteiger partial charge in [0.1, 0.15) is 47.5 Å². The van der Waals surface area contributed by atoms with Gasteiger partial charge < -0.3 is 28.1 Å². The molecule has 3 aliphatic heterocycles. The highest BCUT2D eigenvalue weighted by Gasteiger charge is 2.45. The largest absolute Gasteiger partial charge is 0.481 e. The summed E-state index contributed by atoms with van der Waals surface area (Å²) in [7, 11) is 0. The van der Waals surface area contributed by atoms with Crippen LogP contribution in [-0.2, 0) is 43.2 Å². The number of para-hydroxylation sites is 1. The number of anilines is 2. The molecule has 5 heterocycles. The number of terminal acetylenes is 1. The molecule has 0 aliphatic carbocycles. The Hall–Kier alpha value is -4.43. The third-order valence-corrected chi connectivity index (χ3v) is 11.4. The number of nitrogens with zero attached hydrogens (tertiary/aromatic N) is 6. The molecule has 13 nitrogen and oxygen atoms in total. The average Bonchev–Trinajstić information content (AvgIpc) is 4.01. The molecule has 1 saturated heterocycles. The number of ether oxygens (including phenoxy) is 3. The standard InChI is InChI=1S/C18H17FN4O2S.C14H20ClNO2.C11H13Cl2NO3/c1-4-5-22-13-7-12(11(19)6-14(13)25-9-16(22)24)20-17-23-10-18(2,3)8-15(23)21-26-17;1-4-12-8-6-7-11(3)14(12)16(10-18-5-2)13(17)9-15;1-11(2)14(10(15)9(12)13)6-8(17-11)7-4-3-5-16-7/h1,6-7H,5,8-10H2,2-3H3;6-8H,4-5,9-10H2,1-3H3;3-5,8-9H,6H2,1-2H3. The molecule has 0 N–H and O–H groups in total. The minimum Gasteiger partial charge on any atom is -0.481 e. The Kier molecular flexibility index (Phi) is 16.1. The van der Waals surface area contributed by atoms with Gasteiger partial charge in [0.15, 0.2) is 17.3 Å². The van der Waals surface area contributed by atoms with E-state index in [2.05, 4.69) is 36.1 Å². The van der Waals surface area contributed by atoms with E-state index in [1.54, 1.807) is 31.1 Å². The van der Waals surface area contributed by atoms with Crippen molar-refractivity contribution in [3.63, 3.8) is 0 Å². The van der Waals surface area contributed by atoms with Gasteiger partial charge in [-0.3, -0.25) is 24.2 Å². The highest BCUT2D eigenvalue weighted by Crippen LogP contribution is 2.39. The van der Waals surface area contributed by atoms with Crippen LogP contribution in [0.2, 0.25) is 0 Å². The SMILES string of the molecule is C#CCN1C(=O)COc2cc(F)c(N=c3snc4n3CC(C)(C)C4)cc21.CC1(C)OC(c2ccco2)CN1C(=O)C(Cl)Cl.CCOCN(C(=O)CCl)c1c(C)cccc1CC. The van der Waals surface area contributed by atoms with Crippen molar-refractivity contribution < 1.29 is 37.4 Å². The van der Waals surface area contributed by atoms with Crippen LogP contribution < -0.4 is 19.3 Å². The number of carbonyl (C=O) groups excluding carboxylic acids is 3. The van der Waals surface area contributed by atoms with Gasteiger partial charge in [-0.1, -0.05) is 68.1 Å². The number of carbonyl (C=O) groups is 3. The van der Waals surface area contributed by atoms with Crippen molar-refractivity contribution in [1.29, 1.82) is 0 Å². The third-order valence-electron chi connectivity index (χ3n) is 9.99. The van der Waals surface area contributed by atoms with Gasteiger partial charge in [0.25, 0.3) is 11.8 Å². The first-order valence-corrected chi connectivity index (χ1v) is 21.8. The monoisotopic (exact) mass is 918 g/mol. The molecule has 0 saturated carbocycles. The van der Waals surface area contributed by atoms with E-state index >= 15 is 0 Å². The van der Waals surface area contributed by atoms with Crippen LogP contribution >= 0.6 is 46.3 Å². The second-order valence-electron chi connectivity index (χ2n) is 15.5. The van der Waals surface area contributed by atoms with Crippen molar-refractivity contribution in [1.82, 2.24) is 13.8 Å². The van der Waals surface area contributed by atoms with Crippen LogP contribution in [0.25, 0.3) is 0 Å². The second-order valence-corrected chi connectivity index (χ2v) is 17.6. The van der Waals surface area contributed by atoms with Gasteiger partial charge in [0, 0.05) is 37.2 Å². The number of aryl methyl sites for hydroxylation is 2. The Bertz CT molecular complexity index is 2310. The summed E-state index contributed by atoms with van der Waals surface area (Å²) in [6.07, 6.45) is 8.38. The average molecular weight is 920 g/mol. The number of fused-ring (bicyclic) bond motifs is 2. The minimum atomic E-state index is -1.08. The van der Waals surface area contributed by atoms with Gasteiger partial charge in [0.2, 0.25) is 10.7 Å². The molecule has 4 aromatic rings. The van der Waals surface area contributed by atoms with Gasteiger partial charge in [0.05, 0.1) is 30.7 Å². The minimum absolute atomic E-state index is 0.0371. The molecular weight excluding hydrogens is 870 g/mol. The topological polar surface area (TPSA) is 132 Å². The van der Waals surface area contributed by atoms with Gasteiger partial charge in [-0.25, -0.2) is 9.38 Å². The summed E-state index contributed by atoms with van der Waals surface area (Å²) >= 11 is 18.1. The number of halogens is 4. The molecular formula is C43H50Cl3FN6O7S. The summed E-state index contributed by atoms with van der Waals surface area (Å²) in [6.45, 7) is 15.8. The van der Waals surface area contributed by atoms with E-state index in [4.69, 9.17) is 59.9 Å². The first kappa shape index (κ1) is 47.6. The quantitative estimate of drug-likeness (QED) is 0.0887. The number of amides is 3. The maximum absolute atomic E-state index is 14.5. The number of hydrogen-bond donors (Lipinski definition) is 0. The maximum Gasteiger partial charge on any atom is 0.265 e. The molecule has 1 atom stereocenters. The van der Waals surface area contributed by atoms with E-state index in [1.807, 2.05) is 42.7 Å². The lowest BCUT2D eigenvalue weighted by Gasteiger charge is -2.29. The predicted octanol–water partition coefficient (Wildman–Crippen LogP) is 8.10. The van der Waals surface area contributed by atoms with Crippen molar-refractivity contribution >= 4 is 81.1 Å². The molecule has 0 bridgehead atoms. The van der Waals surface area contributed by atoms with Gasteiger partial charge in [-0.2, -0.15) is 4.37 Å². The van der Waals surface area contributed by atoms with Crippen molar-refractivity contribution in [3.8, 4) is 18.1 Å². The van der Waals surface area contributed by atoms with E-state index < -0.39 is 16.4 Å². The highest BCUT2D eigenvalue weighted by atomic mass is 35.5. The van der Waals surface area contributed by atoms with Crippen LogP contribution in [0.5, 0.6) is 5.75 Å². The predicted molar refractivity (Wildman–Crippen MR) is 235 cm³/mol. The molecule has 2 aromatic heterocycles. The third kappa shape index (κ3) is 11.3. The lowest BCUT2D eigenvalue weighted by molar-refractivity contribution is -0.144. The zero-order valence-electron chi connectivity index (χ0n) is 35.2. The van der Waals surface area contributed by atoms with E-state index in [-0.39, 0.29) is 60.7 Å². The molecule has 18 heteroatoms. The fraction of sp³-hybridized carbons (Fsp3) is 0.465. The summed E-state index contributed by atoms with van der Waals surface area (Å²) < 4.78 is 42.7. The second kappa shape index (κ2) is 20.6. The zero-order valence-corrected chi connectivity index (χ0v) is 38.3. The van der Waals surface area contributed by atoms with Crippen LogP contribution in [0.3, 0.4) is 0 Å². The molecule has 3 amide bonds. The fourth-order valence-corrected chi connectivity index (χ4v) is 8.22. The highest BCUT2D eigenvalue weighted by molar-refractivity contribution is 7.02. The lowest BCUT2D eigenvalue weighted by Crippen LogP contribution is -2.45. The van der Waals surface area contributed by atoms with E-state index in [0.29, 0.717) is 35.2 Å². The lowest BCUT2D eigenvalue weighted by atomic mass is 9.92. The van der Waals surface area contributed by atoms with Crippen molar-refractivity contribution in [2.75, 3.05) is 48.7 Å². The molecule has 0 spiro atoms. The Morgan fingerprint density at radius 2 is 1.93 bits per heavy atom. The van der Waals surface area contributed by atoms with E-state index in [1.165, 1.54) is 33.5 Å². The normalized spacial score (nSPS) is 17.4. The summed E-state index contributed by atoms with van der Waals surface area (Å²) in [5.74, 6) is 3.09. The van der Waals surface area contributed by atoms with Gasteiger partial charge in [-0.15, -0.1) is 18.0 Å². The first-order chi connectivity index (χ1) is 28.9. The molecule has 7 rings (SSSR count). The molecule has 2 aromatic carbocycles. The Balaban J connectivity index is 0.000000179. The number of benzene rings is 2. The molecule has 1 unspecified atom stereocenters. The summed E-state index contributed by atoms with van der Waals surface area (Å²) in [6, 6.07) is 12.4. The molecule has 328 valence electrons. The van der Waals surface area contributed by atoms with Crippen molar-refractivity contribution in [2.24, 2.45) is 10.4 Å². The number of alkyl halides is 3. The van der Waals surface area contributed by atoms with Gasteiger partial charge in [-0.05, 0) is 68.9 Å². The van der Waals surface area contributed by atoms with Gasteiger partial charge >= 0.3 is 0 Å². The maximum atomic E-state index is 14.5. The van der Waals surface area contributed by atoms with Crippen LogP contribution in [-0.4, -0.2) is 81.0 Å². The van der Waals surface area contributed by atoms with Crippen LogP contribution in [0.15, 0.2) is 58.1 Å². The fourth-order valence-electron chi connectivity index (χ4n) is 7.08. The van der Waals surface area contributed by atoms with E-state index in [9.17, 15) is 18.8 Å². The molecule has 0 radical (unpaired) electrons. The number of furan rings is 1. The molecule has 1 fully saturated rings. The van der Waals surface area contributed by atoms with Crippen LogP contribution in [0.1, 0.15) is 70.4 Å². The Morgan fingerprint density at radius 3 is 2.57 bits per heavy atom. The summed E-state index contributed by atoms with van der Waals surface area (Å²) in [5.41, 5.74) is 3.06. The summed E-state index contributed by atoms with van der Waals surface area (Å²) in [4.78, 5) is 44.4. The summed E-state index contributed by atoms with van der Waals surface area (Å²) in [5, 5.41) is 0.